The molecular formula is C17H8O6. The maximum Gasteiger partial charge on any atom is 0.337 e. The highest BCUT2D eigenvalue weighted by atomic mass is 16.4. The van der Waals surface area contributed by atoms with Crippen LogP contribution in [0.3, 0.4) is 0 Å². The largest absolute Gasteiger partial charge is 0.478 e. The van der Waals surface area contributed by atoms with Crippen LogP contribution < -0.4 is 0 Å². The lowest BCUT2D eigenvalue weighted by molar-refractivity contribution is -0.130. The van der Waals surface area contributed by atoms with Crippen LogP contribution in [0.15, 0.2) is 18.2 Å². The third kappa shape index (κ3) is 1.72. The molecule has 1 N–H and O–H groups in total. The molecule has 0 spiro atoms. The summed E-state index contributed by atoms with van der Waals surface area (Å²) in [7, 11) is 0. The second-order valence-corrected chi connectivity index (χ2v) is 4.91. The van der Waals surface area contributed by atoms with Gasteiger partial charge in [-0.3, -0.25) is 19.2 Å². The highest BCUT2D eigenvalue weighted by molar-refractivity contribution is 6.42. The van der Waals surface area contributed by atoms with E-state index >= 15 is 0 Å². The first kappa shape index (κ1) is 14.5. The van der Waals surface area contributed by atoms with Crippen molar-refractivity contribution in [1.29, 1.82) is 0 Å². The molecule has 0 fully saturated rings. The van der Waals surface area contributed by atoms with Gasteiger partial charge in [-0.1, -0.05) is 18.2 Å². The lowest BCUT2D eigenvalue weighted by Gasteiger charge is -2.11. The minimum atomic E-state index is -1.33. The third-order valence-electron chi connectivity index (χ3n) is 3.95. The van der Waals surface area contributed by atoms with Crippen LogP contribution >= 0.6 is 0 Å². The third-order valence-corrected chi connectivity index (χ3v) is 3.95. The molecule has 6 nitrogen and oxygen atoms in total. The van der Waals surface area contributed by atoms with Crippen LogP contribution in [0.2, 0.25) is 0 Å². The molecule has 0 atom stereocenters. The van der Waals surface area contributed by atoms with Gasteiger partial charge in [0.1, 0.15) is 0 Å². The fourth-order valence-corrected chi connectivity index (χ4v) is 3.09. The van der Waals surface area contributed by atoms with Crippen molar-refractivity contribution >= 4 is 53.0 Å². The van der Waals surface area contributed by atoms with Gasteiger partial charge in [0.25, 0.3) is 0 Å². The molecule has 1 aliphatic rings. The van der Waals surface area contributed by atoms with Gasteiger partial charge in [-0.15, -0.1) is 0 Å². The van der Waals surface area contributed by atoms with Gasteiger partial charge < -0.3 is 5.11 Å². The van der Waals surface area contributed by atoms with Crippen molar-refractivity contribution < 1.29 is 29.1 Å². The zero-order chi connectivity index (χ0) is 16.7. The molecular weight excluding hydrogens is 300 g/mol. The van der Waals surface area contributed by atoms with E-state index in [4.69, 9.17) is 0 Å². The maximum absolute atomic E-state index is 11.5. The van der Waals surface area contributed by atoms with E-state index in [0.29, 0.717) is 35.9 Å². The van der Waals surface area contributed by atoms with Crippen LogP contribution in [0.25, 0.3) is 21.9 Å². The van der Waals surface area contributed by atoms with E-state index in [0.717, 1.165) is 0 Å². The number of benzene rings is 2. The molecule has 0 bridgehead atoms. The second kappa shape index (κ2) is 5.10. The zero-order valence-corrected chi connectivity index (χ0v) is 11.5. The van der Waals surface area contributed by atoms with E-state index in [1.54, 1.807) is 6.07 Å². The first-order chi connectivity index (χ1) is 11.1. The number of carbonyl (C=O) groups is 5. The summed E-state index contributed by atoms with van der Waals surface area (Å²) in [5, 5.41) is 10.1. The Hall–Kier alpha value is -3.41. The number of carboxylic acid groups (broad SMARTS) is 1. The van der Waals surface area contributed by atoms with Crippen molar-refractivity contribution in [2.75, 3.05) is 0 Å². The Balaban J connectivity index is 2.69. The summed E-state index contributed by atoms with van der Waals surface area (Å²) in [6.07, 6.45) is 1.51. The molecule has 0 radical (unpaired) electrons. The molecule has 2 aromatic carbocycles. The summed E-state index contributed by atoms with van der Waals surface area (Å²) in [5.74, 6) is -1.33. The van der Waals surface area contributed by atoms with E-state index in [-0.39, 0.29) is 39.0 Å². The molecule has 2 aromatic rings. The van der Waals surface area contributed by atoms with E-state index < -0.39 is 5.97 Å². The predicted octanol–water partition coefficient (Wildman–Crippen LogP) is 1.79. The van der Waals surface area contributed by atoms with E-state index in [1.807, 2.05) is 0 Å². The van der Waals surface area contributed by atoms with Gasteiger partial charge in [0, 0.05) is 27.8 Å². The number of aliphatic carboxylic acids is 1. The molecule has 1 aliphatic carbocycles. The van der Waals surface area contributed by atoms with Gasteiger partial charge in [-0.2, -0.15) is 0 Å². The maximum atomic E-state index is 11.5. The summed E-state index contributed by atoms with van der Waals surface area (Å²) in [6, 6.07) is 4.57. The van der Waals surface area contributed by atoms with Crippen molar-refractivity contribution in [2.24, 2.45) is 0 Å². The first-order valence-corrected chi connectivity index (χ1v) is 6.52. The van der Waals surface area contributed by atoms with Crippen molar-refractivity contribution in [1.82, 2.24) is 0 Å². The number of aldehydes is 4. The molecule has 112 valence electrons. The lowest BCUT2D eigenvalue weighted by Crippen LogP contribution is -2.04. The van der Waals surface area contributed by atoms with E-state index in [1.165, 1.54) is 12.1 Å². The second-order valence-electron chi connectivity index (χ2n) is 4.91. The summed E-state index contributed by atoms with van der Waals surface area (Å²) in [6.45, 7) is 0. The van der Waals surface area contributed by atoms with Crippen LogP contribution in [0.4, 0.5) is 0 Å². The molecule has 3 rings (SSSR count). The summed E-state index contributed by atoms with van der Waals surface area (Å²) in [4.78, 5) is 57.2. The highest BCUT2D eigenvalue weighted by Crippen LogP contribution is 2.44. The van der Waals surface area contributed by atoms with Gasteiger partial charge in [0.15, 0.2) is 25.1 Å². The summed E-state index contributed by atoms with van der Waals surface area (Å²) < 4.78 is 0. The summed E-state index contributed by atoms with van der Waals surface area (Å²) >= 11 is 0. The first-order valence-electron chi connectivity index (χ1n) is 6.52. The SMILES string of the molecule is O=CC1=C(C(=O)O)c2cccc3c(C=O)c(C=O)c(C=O)c1c23. The van der Waals surface area contributed by atoms with Gasteiger partial charge in [-0.05, 0) is 16.3 Å². The fourth-order valence-electron chi connectivity index (χ4n) is 3.09. The molecule has 0 aromatic heterocycles. The van der Waals surface area contributed by atoms with Crippen LogP contribution in [0.5, 0.6) is 0 Å². The van der Waals surface area contributed by atoms with Crippen LogP contribution in [0, 0.1) is 0 Å². The molecule has 0 amide bonds. The predicted molar refractivity (Wildman–Crippen MR) is 80.6 cm³/mol. The average molecular weight is 308 g/mol. The Morgan fingerprint density at radius 3 is 2.04 bits per heavy atom. The number of carbonyl (C=O) groups excluding carboxylic acids is 4. The van der Waals surface area contributed by atoms with Crippen LogP contribution in [-0.4, -0.2) is 36.2 Å². The normalized spacial score (nSPS) is 12.3. The molecule has 0 aliphatic heterocycles. The number of hydrogen-bond donors (Lipinski definition) is 1. The molecule has 0 saturated heterocycles. The minimum absolute atomic E-state index is 0.000382. The minimum Gasteiger partial charge on any atom is -0.478 e. The molecule has 0 heterocycles. The van der Waals surface area contributed by atoms with E-state index in [2.05, 4.69) is 0 Å². The number of rotatable bonds is 5. The van der Waals surface area contributed by atoms with Gasteiger partial charge in [-0.25, -0.2) is 4.79 Å². The van der Waals surface area contributed by atoms with Crippen LogP contribution in [-0.2, 0) is 9.59 Å². The molecule has 0 unspecified atom stereocenters. The number of carboxylic acids is 1. The van der Waals surface area contributed by atoms with Crippen molar-refractivity contribution in [3.63, 3.8) is 0 Å². The van der Waals surface area contributed by atoms with Crippen molar-refractivity contribution in [3.05, 3.63) is 46.0 Å². The van der Waals surface area contributed by atoms with Gasteiger partial charge in [0.2, 0.25) is 0 Å². The molecule has 23 heavy (non-hydrogen) atoms. The van der Waals surface area contributed by atoms with Crippen molar-refractivity contribution in [2.45, 2.75) is 0 Å². The topological polar surface area (TPSA) is 106 Å². The molecule has 0 saturated carbocycles. The average Bonchev–Trinajstić information content (AvgIpc) is 2.90. The van der Waals surface area contributed by atoms with E-state index in [9.17, 15) is 29.1 Å². The lowest BCUT2D eigenvalue weighted by atomic mass is 9.89. The van der Waals surface area contributed by atoms with Gasteiger partial charge in [0.05, 0.1) is 5.57 Å². The fraction of sp³-hybridized carbons (Fsp3) is 0. The van der Waals surface area contributed by atoms with Gasteiger partial charge >= 0.3 is 5.97 Å². The van der Waals surface area contributed by atoms with Crippen molar-refractivity contribution in [3.8, 4) is 0 Å². The Morgan fingerprint density at radius 1 is 0.870 bits per heavy atom. The number of allylic oxidation sites excluding steroid dienone is 1. The molecule has 6 heteroatoms. The summed E-state index contributed by atoms with van der Waals surface area (Å²) in [5.41, 5.74) is -0.392. The Morgan fingerprint density at radius 2 is 1.52 bits per heavy atom. The smallest absolute Gasteiger partial charge is 0.337 e. The Labute approximate surface area is 129 Å². The standard InChI is InChI=1S/C17H8O6/c18-4-10-8-2-1-3-9-14(8)15(12(6-20)11(10)5-19)13(7-21)16(9)17(22)23/h1-7H,(H,22,23). The monoisotopic (exact) mass is 308 g/mol. The highest BCUT2D eigenvalue weighted by Gasteiger charge is 2.33. The quantitative estimate of drug-likeness (QED) is 0.844. The van der Waals surface area contributed by atoms with Crippen LogP contribution in [0.1, 0.15) is 42.2 Å². The number of hydrogen-bond acceptors (Lipinski definition) is 5. The Kier molecular flexibility index (Phi) is 3.22. The zero-order valence-electron chi connectivity index (χ0n) is 11.5. The Bertz CT molecular complexity index is 965.